The average molecular weight is 498 g/mol. The van der Waals surface area contributed by atoms with Gasteiger partial charge in [0.15, 0.2) is 5.16 Å². The molecule has 5 rings (SSSR count). The Kier molecular flexibility index (Phi) is 6.36. The molecule has 182 valence electrons. The number of fused-ring (bicyclic) bond motifs is 3. The molecule has 0 saturated carbocycles. The van der Waals surface area contributed by atoms with Crippen LogP contribution in [-0.2, 0) is 4.79 Å². The van der Waals surface area contributed by atoms with E-state index in [2.05, 4.69) is 29.4 Å². The number of para-hydroxylation sites is 2. The van der Waals surface area contributed by atoms with E-state index in [0.29, 0.717) is 21.8 Å². The number of rotatable bonds is 6. The molecule has 5 aromatic rings. The van der Waals surface area contributed by atoms with Gasteiger partial charge in [-0.2, -0.15) is 0 Å². The van der Waals surface area contributed by atoms with E-state index in [4.69, 9.17) is 0 Å². The van der Waals surface area contributed by atoms with Crippen LogP contribution >= 0.6 is 11.8 Å². The Morgan fingerprint density at radius 3 is 2.53 bits per heavy atom. The van der Waals surface area contributed by atoms with Crippen LogP contribution in [0.15, 0.2) is 76.7 Å². The first-order chi connectivity index (χ1) is 17.3. The highest BCUT2D eigenvalue weighted by Gasteiger charge is 2.20. The lowest BCUT2D eigenvalue weighted by Crippen LogP contribution is -2.23. The van der Waals surface area contributed by atoms with Crippen molar-refractivity contribution < 1.29 is 4.79 Å². The quantitative estimate of drug-likeness (QED) is 0.313. The van der Waals surface area contributed by atoms with Crippen LogP contribution in [-0.4, -0.2) is 30.8 Å². The molecule has 7 nitrogen and oxygen atoms in total. The summed E-state index contributed by atoms with van der Waals surface area (Å²) >= 11 is 1.29. The van der Waals surface area contributed by atoms with Gasteiger partial charge in [0.2, 0.25) is 11.7 Å². The van der Waals surface area contributed by atoms with Crippen molar-refractivity contribution in [2.24, 2.45) is 0 Å². The predicted octanol–water partition coefficient (Wildman–Crippen LogP) is 5.50. The second-order valence-electron chi connectivity index (χ2n) is 9.14. The number of amides is 1. The Labute approximate surface area is 213 Å². The zero-order valence-corrected chi connectivity index (χ0v) is 21.5. The van der Waals surface area contributed by atoms with E-state index < -0.39 is 0 Å². The summed E-state index contributed by atoms with van der Waals surface area (Å²) in [7, 11) is 0. The first-order valence-corrected chi connectivity index (χ1v) is 12.8. The van der Waals surface area contributed by atoms with Crippen LogP contribution in [0.1, 0.15) is 36.5 Å². The van der Waals surface area contributed by atoms with E-state index >= 15 is 0 Å². The molecule has 0 aliphatic rings. The molecule has 0 fully saturated rings. The molecule has 0 radical (unpaired) electrons. The number of thioether (sulfide) groups is 1. The maximum absolute atomic E-state index is 13.7. The number of hydrogen-bond acceptors (Lipinski definition) is 5. The molecular formula is C28H27N5O2S. The molecule has 0 unspecified atom stereocenters. The monoisotopic (exact) mass is 497 g/mol. The molecule has 2 heterocycles. The molecule has 0 spiro atoms. The largest absolute Gasteiger partial charge is 0.325 e. The van der Waals surface area contributed by atoms with Gasteiger partial charge in [0.1, 0.15) is 0 Å². The third-order valence-corrected chi connectivity index (χ3v) is 7.11. The van der Waals surface area contributed by atoms with Crippen molar-refractivity contribution in [3.63, 3.8) is 0 Å². The van der Waals surface area contributed by atoms with E-state index in [1.807, 2.05) is 85.0 Å². The van der Waals surface area contributed by atoms with E-state index in [9.17, 15) is 9.59 Å². The normalized spacial score (nSPS) is 11.5. The Morgan fingerprint density at radius 2 is 1.75 bits per heavy atom. The third kappa shape index (κ3) is 4.28. The third-order valence-electron chi connectivity index (χ3n) is 6.18. The number of carbonyl (C=O) groups is 1. The second-order valence-corrected chi connectivity index (χ2v) is 10.1. The fraction of sp³-hybridized carbons (Fsp3) is 0.214. The van der Waals surface area contributed by atoms with Crippen molar-refractivity contribution >= 4 is 40.0 Å². The minimum atomic E-state index is -0.150. The fourth-order valence-electron chi connectivity index (χ4n) is 4.44. The van der Waals surface area contributed by atoms with Crippen molar-refractivity contribution in [2.45, 2.75) is 38.8 Å². The standard InChI is InChI=1S/C28H27N5O2S/c1-17(2)20-9-5-7-11-23(20)32-26(35)21-10-6-8-12-24(21)33-27(32)30-31-28(33)36-16-25(34)29-22-14-13-18(3)15-19(22)4/h5-15,17H,16H2,1-4H3,(H,29,34). The van der Waals surface area contributed by atoms with Gasteiger partial charge in [0.25, 0.3) is 5.56 Å². The highest BCUT2D eigenvalue weighted by molar-refractivity contribution is 7.99. The van der Waals surface area contributed by atoms with Gasteiger partial charge in [-0.25, -0.2) is 4.57 Å². The van der Waals surface area contributed by atoms with Crippen LogP contribution in [0.2, 0.25) is 0 Å². The summed E-state index contributed by atoms with van der Waals surface area (Å²) in [6, 6.07) is 21.2. The molecule has 2 aromatic heterocycles. The molecule has 1 amide bonds. The second kappa shape index (κ2) is 9.62. The smallest absolute Gasteiger partial charge is 0.267 e. The van der Waals surface area contributed by atoms with E-state index in [-0.39, 0.29) is 23.1 Å². The molecule has 36 heavy (non-hydrogen) atoms. The summed E-state index contributed by atoms with van der Waals surface area (Å²) in [6.45, 7) is 8.19. The lowest BCUT2D eigenvalue weighted by molar-refractivity contribution is -0.113. The fourth-order valence-corrected chi connectivity index (χ4v) is 5.18. The number of hydrogen-bond donors (Lipinski definition) is 1. The Bertz CT molecular complexity index is 1670. The van der Waals surface area contributed by atoms with Gasteiger partial charge in [-0.05, 0) is 55.2 Å². The van der Waals surface area contributed by atoms with Crippen LogP contribution in [0.5, 0.6) is 0 Å². The SMILES string of the molecule is Cc1ccc(NC(=O)CSc2nnc3n(-c4ccccc4C(C)C)c(=O)c4ccccc4n23)c(C)c1. The van der Waals surface area contributed by atoms with Crippen molar-refractivity contribution in [1.82, 2.24) is 19.2 Å². The Hall–Kier alpha value is -3.91. The number of aromatic nitrogens is 4. The highest BCUT2D eigenvalue weighted by Crippen LogP contribution is 2.27. The number of nitrogens with zero attached hydrogens (tertiary/aromatic N) is 4. The average Bonchev–Trinajstić information content (AvgIpc) is 3.28. The minimum Gasteiger partial charge on any atom is -0.325 e. The Morgan fingerprint density at radius 1 is 1.00 bits per heavy atom. The van der Waals surface area contributed by atoms with Gasteiger partial charge >= 0.3 is 0 Å². The Balaban J connectivity index is 1.57. The van der Waals surface area contributed by atoms with Crippen LogP contribution < -0.4 is 10.9 Å². The summed E-state index contributed by atoms with van der Waals surface area (Å²) in [4.78, 5) is 26.4. The number of benzene rings is 3. The van der Waals surface area contributed by atoms with Crippen LogP contribution in [0.4, 0.5) is 5.69 Å². The number of aryl methyl sites for hydroxylation is 2. The van der Waals surface area contributed by atoms with Gasteiger partial charge in [0, 0.05) is 5.69 Å². The molecule has 0 bridgehead atoms. The molecule has 0 aliphatic heterocycles. The topological polar surface area (TPSA) is 81.3 Å². The van der Waals surface area contributed by atoms with Crippen LogP contribution in [0, 0.1) is 13.8 Å². The van der Waals surface area contributed by atoms with Crippen LogP contribution in [0.3, 0.4) is 0 Å². The molecule has 0 atom stereocenters. The van der Waals surface area contributed by atoms with Gasteiger partial charge in [-0.15, -0.1) is 10.2 Å². The number of carbonyl (C=O) groups excluding carboxylic acids is 1. The van der Waals surface area contributed by atoms with Crippen molar-refractivity contribution in [3.05, 3.63) is 93.8 Å². The van der Waals surface area contributed by atoms with Gasteiger partial charge in [-0.3, -0.25) is 14.0 Å². The van der Waals surface area contributed by atoms with Crippen molar-refractivity contribution in [2.75, 3.05) is 11.1 Å². The maximum Gasteiger partial charge on any atom is 0.267 e. The summed E-state index contributed by atoms with van der Waals surface area (Å²) < 4.78 is 3.49. The van der Waals surface area contributed by atoms with Gasteiger partial charge < -0.3 is 5.32 Å². The lowest BCUT2D eigenvalue weighted by Gasteiger charge is -2.16. The van der Waals surface area contributed by atoms with Gasteiger partial charge in [-0.1, -0.05) is 73.6 Å². The van der Waals surface area contributed by atoms with E-state index in [1.165, 1.54) is 11.8 Å². The predicted molar refractivity (Wildman–Crippen MR) is 145 cm³/mol. The maximum atomic E-state index is 13.7. The van der Waals surface area contributed by atoms with Gasteiger partial charge in [0.05, 0.1) is 22.3 Å². The molecule has 3 aromatic carbocycles. The van der Waals surface area contributed by atoms with Crippen molar-refractivity contribution in [3.8, 4) is 5.69 Å². The molecule has 1 N–H and O–H groups in total. The first kappa shape index (κ1) is 23.8. The highest BCUT2D eigenvalue weighted by atomic mass is 32.2. The zero-order valence-electron chi connectivity index (χ0n) is 20.6. The molecule has 0 saturated heterocycles. The summed E-state index contributed by atoms with van der Waals surface area (Å²) in [6.07, 6.45) is 0. The van der Waals surface area contributed by atoms with E-state index in [0.717, 1.165) is 28.1 Å². The molecule has 8 heteroatoms. The summed E-state index contributed by atoms with van der Waals surface area (Å²) in [5.41, 5.74) is 5.33. The number of anilines is 1. The van der Waals surface area contributed by atoms with Crippen LogP contribution in [0.25, 0.3) is 22.4 Å². The molecular weight excluding hydrogens is 470 g/mol. The van der Waals surface area contributed by atoms with E-state index in [1.54, 1.807) is 4.57 Å². The summed E-state index contributed by atoms with van der Waals surface area (Å²) in [5.74, 6) is 0.658. The van der Waals surface area contributed by atoms with Crippen molar-refractivity contribution in [1.29, 1.82) is 0 Å². The molecule has 0 aliphatic carbocycles. The summed E-state index contributed by atoms with van der Waals surface area (Å²) in [5, 5.41) is 12.9. The lowest BCUT2D eigenvalue weighted by atomic mass is 10.0. The number of nitrogens with one attached hydrogen (secondary N) is 1. The minimum absolute atomic E-state index is 0.133. The zero-order chi connectivity index (χ0) is 25.4. The first-order valence-electron chi connectivity index (χ1n) is 11.8.